The first kappa shape index (κ1) is 52.0. The Balaban J connectivity index is 1.51. The van der Waals surface area contributed by atoms with E-state index in [2.05, 4.69) is 59.0 Å². The summed E-state index contributed by atoms with van der Waals surface area (Å²) in [4.78, 5) is 53.8. The number of carbonyl (C=O) groups is 4. The number of hydrogen-bond acceptors (Lipinski definition) is 12. The number of nitrogens with one attached hydrogen (secondary N) is 6. The van der Waals surface area contributed by atoms with Crippen LogP contribution >= 0.6 is 0 Å². The first-order chi connectivity index (χ1) is 28.3. The van der Waals surface area contributed by atoms with E-state index >= 15 is 0 Å². The van der Waals surface area contributed by atoms with E-state index in [4.69, 9.17) is 20.8 Å². The lowest BCUT2D eigenvalue weighted by atomic mass is 9.43. The Morgan fingerprint density at radius 3 is 2.03 bits per heavy atom. The highest BCUT2D eigenvalue weighted by Crippen LogP contribution is 2.65. The molecule has 3 aliphatic carbocycles. The topological polar surface area (TPSA) is 265 Å². The van der Waals surface area contributed by atoms with Crippen LogP contribution in [0.1, 0.15) is 138 Å². The fourth-order valence-corrected chi connectivity index (χ4v) is 10.2. The second-order valence-electron chi connectivity index (χ2n) is 18.2. The molecule has 17 nitrogen and oxygen atoms in total. The van der Waals surface area contributed by atoms with Gasteiger partial charge in [0.2, 0.25) is 33.7 Å². The third kappa shape index (κ3) is 14.9. The van der Waals surface area contributed by atoms with Gasteiger partial charge in [-0.25, -0.2) is 13.1 Å². The van der Waals surface area contributed by atoms with Crippen molar-refractivity contribution in [2.45, 2.75) is 186 Å². The number of sulfonamides is 1. The molecule has 11 N–H and O–H groups in total. The molecule has 3 saturated carbocycles. The van der Waals surface area contributed by atoms with Gasteiger partial charge in [0.25, 0.3) is 0 Å². The predicted octanol–water partition coefficient (Wildman–Crippen LogP) is 1.11. The molecule has 1 heterocycles. The predicted molar refractivity (Wildman–Crippen MR) is 234 cm³/mol. The number of rotatable bonds is 30. The summed E-state index contributed by atoms with van der Waals surface area (Å²) in [5.74, 6) is -2.70. The molecular formula is C41H79BN8O9S. The molecule has 1 aliphatic heterocycles. The van der Waals surface area contributed by atoms with Crippen LogP contribution in [0, 0.1) is 17.3 Å². The molecule has 4 fully saturated rings. The van der Waals surface area contributed by atoms with Crippen LogP contribution in [0.3, 0.4) is 0 Å². The molecule has 60 heavy (non-hydrogen) atoms. The molecular weight excluding hydrogens is 791 g/mol. The number of aliphatic hydroxyl groups excluding tert-OH is 1. The second kappa shape index (κ2) is 24.5. The van der Waals surface area contributed by atoms with Crippen molar-refractivity contribution in [3.8, 4) is 0 Å². The standard InChI is InChI=1S/C41H79BN8O9S/c1-8-9-10-11-12-13-14-17-22-45-23-24-60(56,57)50-32(19-21-44)38(54)49-35(28(3)51)39(55)46-27(2)36(52)48-31(18-15-16-20-43)37(53)47-29(4)42-58-34-26-30-25-33(40(30,5)6)41(34,7)59-42/h27-35,45,50-51H,8-26,43-44H2,1-7H3,(H,46,55)(H,47,53)(H,48,52)(H,49,54)/t27-,28+,29-,30-,31-,32-,33-,34+,35-,41-/m0/s1. The molecule has 2 bridgehead atoms. The zero-order valence-electron chi connectivity index (χ0n) is 37.5. The molecule has 0 aromatic rings. The SMILES string of the molecule is CCCCCCCCCCNCCS(=O)(=O)N[C@@H](CCN)C(=O)N[C@H](C(=O)N[C@@H](C)C(=O)N[C@@H](CCCCN)C(=O)N[C@@H](C)B1O[C@@H]2C[C@@H]3C[C@@H](C3(C)C)[C@]2(C)O1)[C@@H](C)O. The molecule has 4 amide bonds. The van der Waals surface area contributed by atoms with Crippen LogP contribution in [0.5, 0.6) is 0 Å². The first-order valence-corrected chi connectivity index (χ1v) is 24.3. The number of nitrogens with two attached hydrogens (primary N) is 2. The highest BCUT2D eigenvalue weighted by Gasteiger charge is 2.68. The van der Waals surface area contributed by atoms with Crippen LogP contribution in [0.2, 0.25) is 0 Å². The number of unbranched alkanes of at least 4 members (excludes halogenated alkanes) is 8. The van der Waals surface area contributed by atoms with Crippen LogP contribution < -0.4 is 42.8 Å². The Morgan fingerprint density at radius 2 is 1.42 bits per heavy atom. The maximum Gasteiger partial charge on any atom is 0.481 e. The average Bonchev–Trinajstić information content (AvgIpc) is 3.55. The molecule has 346 valence electrons. The van der Waals surface area contributed by atoms with Gasteiger partial charge in [-0.05, 0) is 110 Å². The Hall–Kier alpha value is -2.39. The van der Waals surface area contributed by atoms with E-state index in [1.54, 1.807) is 0 Å². The minimum Gasteiger partial charge on any atom is -0.404 e. The molecule has 19 heteroatoms. The van der Waals surface area contributed by atoms with Gasteiger partial charge in [0.05, 0.1) is 29.5 Å². The van der Waals surface area contributed by atoms with E-state index < -0.39 is 82.6 Å². The lowest BCUT2D eigenvalue weighted by molar-refractivity contribution is -0.199. The van der Waals surface area contributed by atoms with Gasteiger partial charge in [0, 0.05) is 6.54 Å². The third-order valence-corrected chi connectivity index (χ3v) is 14.4. The van der Waals surface area contributed by atoms with E-state index in [9.17, 15) is 32.7 Å². The van der Waals surface area contributed by atoms with Crippen LogP contribution in [0.4, 0.5) is 0 Å². The van der Waals surface area contributed by atoms with Crippen molar-refractivity contribution in [2.24, 2.45) is 28.7 Å². The van der Waals surface area contributed by atoms with Crippen molar-refractivity contribution >= 4 is 40.8 Å². The fraction of sp³-hybridized carbons (Fsp3) is 0.902. The van der Waals surface area contributed by atoms with Gasteiger partial charge in [-0.15, -0.1) is 0 Å². The molecule has 10 atom stereocenters. The van der Waals surface area contributed by atoms with Gasteiger partial charge in [-0.1, -0.05) is 65.7 Å². The number of amides is 4. The summed E-state index contributed by atoms with van der Waals surface area (Å²) in [7, 11) is -4.57. The zero-order chi connectivity index (χ0) is 44.7. The monoisotopic (exact) mass is 871 g/mol. The number of aliphatic hydroxyl groups is 1. The second-order valence-corrected chi connectivity index (χ2v) is 20.1. The molecule has 0 aromatic carbocycles. The zero-order valence-corrected chi connectivity index (χ0v) is 38.3. The molecule has 0 unspecified atom stereocenters. The van der Waals surface area contributed by atoms with Gasteiger partial charge in [0.15, 0.2) is 0 Å². The Bertz CT molecular complexity index is 1490. The van der Waals surface area contributed by atoms with Crippen LogP contribution in [-0.2, 0) is 38.5 Å². The lowest BCUT2D eigenvalue weighted by Crippen LogP contribution is -2.65. The van der Waals surface area contributed by atoms with Crippen molar-refractivity contribution in [3.63, 3.8) is 0 Å². The Labute approximate surface area is 360 Å². The number of hydrogen-bond donors (Lipinski definition) is 9. The molecule has 4 aliphatic rings. The quantitative estimate of drug-likeness (QED) is 0.0363. The maximum atomic E-state index is 13.6. The Morgan fingerprint density at radius 1 is 0.767 bits per heavy atom. The highest BCUT2D eigenvalue weighted by atomic mass is 32.2. The normalized spacial score (nSPS) is 24.8. The lowest BCUT2D eigenvalue weighted by Gasteiger charge is -2.64. The van der Waals surface area contributed by atoms with Gasteiger partial charge >= 0.3 is 7.12 Å². The molecule has 1 saturated heterocycles. The minimum atomic E-state index is -3.92. The summed E-state index contributed by atoms with van der Waals surface area (Å²) < 4.78 is 41.1. The van der Waals surface area contributed by atoms with E-state index in [-0.39, 0.29) is 43.2 Å². The van der Waals surface area contributed by atoms with E-state index in [1.165, 1.54) is 46.0 Å². The van der Waals surface area contributed by atoms with Gasteiger partial charge in [-0.3, -0.25) is 19.2 Å². The molecule has 0 radical (unpaired) electrons. The summed E-state index contributed by atoms with van der Waals surface area (Å²) in [5.41, 5.74) is 11.1. The summed E-state index contributed by atoms with van der Waals surface area (Å²) >= 11 is 0. The van der Waals surface area contributed by atoms with Crippen molar-refractivity contribution < 1.29 is 42.0 Å². The van der Waals surface area contributed by atoms with Gasteiger partial charge < -0.3 is 52.5 Å². The van der Waals surface area contributed by atoms with Crippen molar-refractivity contribution in [1.29, 1.82) is 0 Å². The highest BCUT2D eigenvalue weighted by molar-refractivity contribution is 7.89. The smallest absolute Gasteiger partial charge is 0.404 e. The summed E-state index contributed by atoms with van der Waals surface area (Å²) in [5, 5.41) is 24.3. The summed E-state index contributed by atoms with van der Waals surface area (Å²) in [6.45, 7) is 14.6. The van der Waals surface area contributed by atoms with Crippen molar-refractivity contribution in [1.82, 2.24) is 31.3 Å². The van der Waals surface area contributed by atoms with Crippen molar-refractivity contribution in [3.05, 3.63) is 0 Å². The minimum absolute atomic E-state index is 0.0291. The van der Waals surface area contributed by atoms with E-state index in [0.717, 1.165) is 32.1 Å². The fourth-order valence-electron chi connectivity index (χ4n) is 8.99. The van der Waals surface area contributed by atoms with E-state index in [1.807, 2.05) is 6.92 Å². The van der Waals surface area contributed by atoms with Crippen LogP contribution in [-0.4, -0.2) is 124 Å². The first-order valence-electron chi connectivity index (χ1n) is 22.6. The third-order valence-electron chi connectivity index (χ3n) is 13.0. The Kier molecular flexibility index (Phi) is 21.2. The van der Waals surface area contributed by atoms with Gasteiger partial charge in [0.1, 0.15) is 24.2 Å². The van der Waals surface area contributed by atoms with Crippen LogP contribution in [0.25, 0.3) is 0 Å². The average molecular weight is 871 g/mol. The molecule has 4 rings (SSSR count). The largest absolute Gasteiger partial charge is 0.481 e. The van der Waals surface area contributed by atoms with E-state index in [0.29, 0.717) is 37.8 Å². The molecule has 0 spiro atoms. The van der Waals surface area contributed by atoms with Crippen LogP contribution in [0.15, 0.2) is 0 Å². The number of carbonyl (C=O) groups excluding carboxylic acids is 4. The van der Waals surface area contributed by atoms with Gasteiger partial charge in [-0.2, -0.15) is 0 Å². The van der Waals surface area contributed by atoms with Crippen molar-refractivity contribution in [2.75, 3.05) is 31.9 Å². The molecule has 0 aromatic heterocycles. The summed E-state index contributed by atoms with van der Waals surface area (Å²) in [6.07, 6.45) is 11.3. The summed E-state index contributed by atoms with van der Waals surface area (Å²) in [6, 6.07) is -4.99. The maximum absolute atomic E-state index is 13.6.